The summed E-state index contributed by atoms with van der Waals surface area (Å²) in [7, 11) is 1.75. The molecule has 0 bridgehead atoms. The molecule has 0 atom stereocenters. The predicted molar refractivity (Wildman–Crippen MR) is 121 cm³/mol. The minimum absolute atomic E-state index is 0.00227. The van der Waals surface area contributed by atoms with E-state index in [9.17, 15) is 9.59 Å². The number of aromatic nitrogens is 1. The van der Waals surface area contributed by atoms with Crippen molar-refractivity contribution in [3.63, 3.8) is 0 Å². The lowest BCUT2D eigenvalue weighted by Gasteiger charge is -2.34. The molecule has 0 spiro atoms. The fourth-order valence-corrected chi connectivity index (χ4v) is 4.14. The zero-order valence-corrected chi connectivity index (χ0v) is 18.0. The molecule has 0 aliphatic carbocycles. The molecule has 4 rings (SSSR count). The van der Waals surface area contributed by atoms with E-state index in [-0.39, 0.29) is 23.5 Å². The lowest BCUT2D eigenvalue weighted by molar-refractivity contribution is -0.133. The van der Waals surface area contributed by atoms with Gasteiger partial charge in [-0.3, -0.25) is 9.59 Å². The number of aryl methyl sites for hydroxylation is 1. The Labute approximate surface area is 182 Å². The van der Waals surface area contributed by atoms with Gasteiger partial charge in [0.15, 0.2) is 0 Å². The van der Waals surface area contributed by atoms with Crippen LogP contribution in [-0.4, -0.2) is 34.6 Å². The van der Waals surface area contributed by atoms with E-state index >= 15 is 0 Å². The lowest BCUT2D eigenvalue weighted by Crippen LogP contribution is -2.44. The van der Waals surface area contributed by atoms with Crippen molar-refractivity contribution in [2.45, 2.75) is 31.8 Å². The second kappa shape index (κ2) is 9.21. The molecule has 5 nitrogen and oxygen atoms in total. The van der Waals surface area contributed by atoms with Crippen molar-refractivity contribution in [3.8, 4) is 5.75 Å². The molecule has 5 heteroatoms. The highest BCUT2D eigenvalue weighted by Gasteiger charge is 2.31. The van der Waals surface area contributed by atoms with Crippen molar-refractivity contribution >= 4 is 5.91 Å². The summed E-state index contributed by atoms with van der Waals surface area (Å²) in [6.45, 7) is 3.18. The van der Waals surface area contributed by atoms with Crippen LogP contribution in [0.3, 0.4) is 0 Å². The van der Waals surface area contributed by atoms with Gasteiger partial charge in [-0.05, 0) is 24.1 Å². The Morgan fingerprint density at radius 3 is 2.00 bits per heavy atom. The van der Waals surface area contributed by atoms with E-state index in [1.807, 2.05) is 78.6 Å². The molecular weight excluding hydrogens is 388 g/mol. The first-order chi connectivity index (χ1) is 15.0. The van der Waals surface area contributed by atoms with Gasteiger partial charge in [-0.2, -0.15) is 0 Å². The number of nitrogens with zero attached hydrogens (tertiary/aromatic N) is 2. The highest BCUT2D eigenvalue weighted by molar-refractivity contribution is 5.87. The predicted octanol–water partition coefficient (Wildman–Crippen LogP) is 3.90. The Morgan fingerprint density at radius 1 is 0.935 bits per heavy atom. The number of ether oxygens (including phenoxy) is 1. The molecule has 1 saturated heterocycles. The van der Waals surface area contributed by atoms with Gasteiger partial charge in [0.25, 0.3) is 5.56 Å². The third kappa shape index (κ3) is 4.71. The second-order valence-electron chi connectivity index (χ2n) is 8.13. The fraction of sp³-hybridized carbons (Fsp3) is 0.308. The maximum absolute atomic E-state index is 13.5. The number of benzene rings is 2. The van der Waals surface area contributed by atoms with Crippen molar-refractivity contribution in [1.82, 2.24) is 9.47 Å². The molecule has 31 heavy (non-hydrogen) atoms. The highest BCUT2D eigenvalue weighted by atomic mass is 16.5. The average molecular weight is 417 g/mol. The average Bonchev–Trinajstić information content (AvgIpc) is 2.79. The van der Waals surface area contributed by atoms with Crippen molar-refractivity contribution in [2.24, 2.45) is 7.05 Å². The summed E-state index contributed by atoms with van der Waals surface area (Å²) in [6.07, 6.45) is 1.49. The summed E-state index contributed by atoms with van der Waals surface area (Å²) in [6, 6.07) is 23.3. The standard InChI is InChI=1S/C26H28N2O3/c1-19-17-23(18-24(29)27(19)2)31-22-13-15-28(16-14-22)26(30)25(20-9-5-3-6-10-20)21-11-7-4-8-12-21/h3-12,17-18,22,25H,13-16H2,1-2H3. The van der Waals surface area contributed by atoms with Gasteiger partial charge in [-0.1, -0.05) is 60.7 Å². The number of carbonyl (C=O) groups excluding carboxylic acids is 1. The summed E-state index contributed by atoms with van der Waals surface area (Å²) in [4.78, 5) is 27.5. The van der Waals surface area contributed by atoms with E-state index in [4.69, 9.17) is 4.74 Å². The molecule has 1 aliphatic heterocycles. The maximum atomic E-state index is 13.5. The van der Waals surface area contributed by atoms with Crippen LogP contribution in [0.4, 0.5) is 0 Å². The van der Waals surface area contributed by atoms with Crippen LogP contribution in [0, 0.1) is 6.92 Å². The van der Waals surface area contributed by atoms with Crippen LogP contribution >= 0.6 is 0 Å². The largest absolute Gasteiger partial charge is 0.490 e. The Balaban J connectivity index is 1.46. The SMILES string of the molecule is Cc1cc(OC2CCN(C(=O)C(c3ccccc3)c3ccccc3)CC2)cc(=O)n1C. The Morgan fingerprint density at radius 2 is 1.48 bits per heavy atom. The van der Waals surface area contributed by atoms with Gasteiger partial charge in [0, 0.05) is 44.7 Å². The van der Waals surface area contributed by atoms with Crippen molar-refractivity contribution in [3.05, 3.63) is 100.0 Å². The number of rotatable bonds is 5. The monoisotopic (exact) mass is 416 g/mol. The van der Waals surface area contributed by atoms with Crippen LogP contribution in [0.1, 0.15) is 35.6 Å². The second-order valence-corrected chi connectivity index (χ2v) is 8.13. The van der Waals surface area contributed by atoms with Crippen LogP contribution < -0.4 is 10.3 Å². The summed E-state index contributed by atoms with van der Waals surface area (Å²) >= 11 is 0. The van der Waals surface area contributed by atoms with Gasteiger partial charge in [0.05, 0.1) is 5.92 Å². The number of hydrogen-bond acceptors (Lipinski definition) is 3. The zero-order valence-electron chi connectivity index (χ0n) is 18.0. The van der Waals surface area contributed by atoms with Crippen molar-refractivity contribution in [2.75, 3.05) is 13.1 Å². The normalized spacial score (nSPS) is 14.6. The fourth-order valence-electron chi connectivity index (χ4n) is 4.14. The number of pyridine rings is 1. The third-order valence-corrected chi connectivity index (χ3v) is 6.05. The van der Waals surface area contributed by atoms with Gasteiger partial charge >= 0.3 is 0 Å². The Hall–Kier alpha value is -3.34. The molecule has 3 aromatic rings. The molecule has 1 aliphatic rings. The first-order valence-corrected chi connectivity index (χ1v) is 10.8. The smallest absolute Gasteiger partial charge is 0.254 e. The summed E-state index contributed by atoms with van der Waals surface area (Å²) < 4.78 is 7.68. The van der Waals surface area contributed by atoms with Crippen LogP contribution in [0.5, 0.6) is 5.75 Å². The van der Waals surface area contributed by atoms with Gasteiger partial charge in [-0.25, -0.2) is 0 Å². The van der Waals surface area contributed by atoms with E-state index in [1.54, 1.807) is 11.6 Å². The lowest BCUT2D eigenvalue weighted by atomic mass is 9.89. The van der Waals surface area contributed by atoms with E-state index in [0.717, 1.165) is 29.7 Å². The Kier molecular flexibility index (Phi) is 6.21. The number of likely N-dealkylation sites (tertiary alicyclic amines) is 1. The van der Waals surface area contributed by atoms with Gasteiger partial charge in [0.1, 0.15) is 11.9 Å². The van der Waals surface area contributed by atoms with Gasteiger partial charge in [-0.15, -0.1) is 0 Å². The van der Waals surface area contributed by atoms with Crippen molar-refractivity contribution in [1.29, 1.82) is 0 Å². The number of hydrogen-bond donors (Lipinski definition) is 0. The van der Waals surface area contributed by atoms with Crippen LogP contribution in [-0.2, 0) is 11.8 Å². The van der Waals surface area contributed by atoms with E-state index in [0.29, 0.717) is 18.8 Å². The zero-order chi connectivity index (χ0) is 21.8. The van der Waals surface area contributed by atoms with Gasteiger partial charge in [0.2, 0.25) is 5.91 Å². The van der Waals surface area contributed by atoms with E-state index in [1.165, 1.54) is 6.07 Å². The van der Waals surface area contributed by atoms with Gasteiger partial charge < -0.3 is 14.2 Å². The highest BCUT2D eigenvalue weighted by Crippen LogP contribution is 2.29. The van der Waals surface area contributed by atoms with E-state index < -0.39 is 0 Å². The molecule has 2 aromatic carbocycles. The van der Waals surface area contributed by atoms with Crippen molar-refractivity contribution < 1.29 is 9.53 Å². The molecule has 2 heterocycles. The van der Waals surface area contributed by atoms with Crippen LogP contribution in [0.2, 0.25) is 0 Å². The van der Waals surface area contributed by atoms with Crippen LogP contribution in [0.25, 0.3) is 0 Å². The minimum Gasteiger partial charge on any atom is -0.490 e. The molecule has 160 valence electrons. The third-order valence-electron chi connectivity index (χ3n) is 6.05. The van der Waals surface area contributed by atoms with Crippen LogP contribution in [0.15, 0.2) is 77.6 Å². The quantitative estimate of drug-likeness (QED) is 0.634. The minimum atomic E-state index is -0.306. The topological polar surface area (TPSA) is 51.5 Å². The molecule has 0 saturated carbocycles. The molecule has 1 amide bonds. The molecule has 1 aromatic heterocycles. The molecular formula is C26H28N2O3. The maximum Gasteiger partial charge on any atom is 0.254 e. The molecule has 0 radical (unpaired) electrons. The number of carbonyl (C=O) groups is 1. The Bertz CT molecular complexity index is 1050. The first-order valence-electron chi connectivity index (χ1n) is 10.8. The number of piperidine rings is 1. The molecule has 0 N–H and O–H groups in total. The summed E-state index contributed by atoms with van der Waals surface area (Å²) in [5.74, 6) is 0.428. The number of amides is 1. The summed E-state index contributed by atoms with van der Waals surface area (Å²) in [5.41, 5.74) is 2.81. The first kappa shape index (κ1) is 20.9. The molecule has 1 fully saturated rings. The molecule has 0 unspecified atom stereocenters. The summed E-state index contributed by atoms with van der Waals surface area (Å²) in [5, 5.41) is 0. The van der Waals surface area contributed by atoms with E-state index in [2.05, 4.69) is 0 Å².